The molecule has 0 radical (unpaired) electrons. The molecule has 1 aliphatic rings. The summed E-state index contributed by atoms with van der Waals surface area (Å²) in [6.45, 7) is 0.834. The molecule has 180 valence electrons. The number of aliphatic hydroxyl groups excluding tert-OH is 1. The van der Waals surface area contributed by atoms with E-state index in [4.69, 9.17) is 26.1 Å². The Morgan fingerprint density at radius 2 is 1.77 bits per heavy atom. The highest BCUT2D eigenvalue weighted by atomic mass is 35.5. The first-order chi connectivity index (χ1) is 17.0. The summed E-state index contributed by atoms with van der Waals surface area (Å²) in [7, 11) is 1.60. The van der Waals surface area contributed by atoms with Crippen LogP contribution in [0, 0.1) is 0 Å². The molecule has 3 aromatic carbocycles. The highest BCUT2D eigenvalue weighted by Gasteiger charge is 2.36. The average molecular weight is 492 g/mol. The van der Waals surface area contributed by atoms with Crippen molar-refractivity contribution in [2.45, 2.75) is 25.0 Å². The summed E-state index contributed by atoms with van der Waals surface area (Å²) >= 11 is 6.17. The molecule has 4 aromatic rings. The Balaban J connectivity index is 1.40. The van der Waals surface area contributed by atoms with Gasteiger partial charge in [0, 0.05) is 18.9 Å². The first-order valence-corrected chi connectivity index (χ1v) is 11.9. The number of fused-ring (bicyclic) bond motifs is 1. The lowest BCUT2D eigenvalue weighted by Gasteiger charge is -2.20. The maximum Gasteiger partial charge on any atom is 0.227 e. The number of rotatable bonds is 8. The molecule has 7 nitrogen and oxygen atoms in total. The van der Waals surface area contributed by atoms with E-state index in [9.17, 15) is 9.90 Å². The molecule has 35 heavy (non-hydrogen) atoms. The highest BCUT2D eigenvalue weighted by molar-refractivity contribution is 6.32. The minimum atomic E-state index is -0.801. The van der Waals surface area contributed by atoms with Gasteiger partial charge < -0.3 is 24.0 Å². The monoisotopic (exact) mass is 491 g/mol. The van der Waals surface area contributed by atoms with E-state index in [1.54, 1.807) is 24.1 Å². The standard InChI is InChI=1S/C27H26ClN3O4/c1-34-25-13-7-5-11-23(25)30-15-18(14-26(30)33)27-29-21-9-3-4-10-22(21)31(27)16-19(32)17-35-24-12-6-2-8-20(24)28/h2-13,18-19,32H,14-17H2,1H3/t18-,19+/m1/s1. The van der Waals surface area contributed by atoms with E-state index < -0.39 is 6.10 Å². The smallest absolute Gasteiger partial charge is 0.227 e. The number of hydrogen-bond donors (Lipinski definition) is 1. The number of anilines is 1. The molecule has 8 heteroatoms. The lowest BCUT2D eigenvalue weighted by atomic mass is 10.1. The van der Waals surface area contributed by atoms with Crippen molar-refractivity contribution >= 4 is 34.2 Å². The summed E-state index contributed by atoms with van der Waals surface area (Å²) in [5, 5.41) is 11.3. The number of benzene rings is 3. The van der Waals surface area contributed by atoms with E-state index in [1.165, 1.54) is 0 Å². The van der Waals surface area contributed by atoms with Crippen LogP contribution < -0.4 is 14.4 Å². The fourth-order valence-corrected chi connectivity index (χ4v) is 4.77. The Hall–Kier alpha value is -3.55. The summed E-state index contributed by atoms with van der Waals surface area (Å²) < 4.78 is 13.2. The molecule has 0 saturated carbocycles. The number of methoxy groups -OCH3 is 1. The van der Waals surface area contributed by atoms with Crippen molar-refractivity contribution in [3.8, 4) is 11.5 Å². The normalized spacial score (nSPS) is 16.6. The Labute approximate surface area is 208 Å². The molecule has 1 amide bonds. The average Bonchev–Trinajstić information content (AvgIpc) is 3.44. The molecule has 2 atom stereocenters. The van der Waals surface area contributed by atoms with Crippen LogP contribution in [-0.4, -0.2) is 46.9 Å². The van der Waals surface area contributed by atoms with Crippen LogP contribution in [0.15, 0.2) is 72.8 Å². The van der Waals surface area contributed by atoms with Crippen LogP contribution in [0.4, 0.5) is 5.69 Å². The number of halogens is 1. The van der Waals surface area contributed by atoms with Crippen LogP contribution in [-0.2, 0) is 11.3 Å². The van der Waals surface area contributed by atoms with Gasteiger partial charge in [0.15, 0.2) is 0 Å². The van der Waals surface area contributed by atoms with Crippen LogP contribution >= 0.6 is 11.6 Å². The number of imidazole rings is 1. The van der Waals surface area contributed by atoms with Crippen molar-refractivity contribution in [1.82, 2.24) is 9.55 Å². The Bertz CT molecular complexity index is 1360. The van der Waals surface area contributed by atoms with Crippen LogP contribution in [0.1, 0.15) is 18.2 Å². The van der Waals surface area contributed by atoms with Crippen LogP contribution in [0.3, 0.4) is 0 Å². The molecule has 1 saturated heterocycles. The topological polar surface area (TPSA) is 76.8 Å². The predicted molar refractivity (Wildman–Crippen MR) is 135 cm³/mol. The Kier molecular flexibility index (Phi) is 6.61. The second kappa shape index (κ2) is 9.98. The third-order valence-corrected chi connectivity index (χ3v) is 6.52. The number of carbonyl (C=O) groups excluding carboxylic acids is 1. The van der Waals surface area contributed by atoms with Gasteiger partial charge in [-0.3, -0.25) is 4.79 Å². The number of ether oxygens (including phenoxy) is 2. The van der Waals surface area contributed by atoms with Gasteiger partial charge in [0.25, 0.3) is 0 Å². The number of aromatic nitrogens is 2. The third-order valence-electron chi connectivity index (χ3n) is 6.21. The molecule has 0 spiro atoms. The van der Waals surface area contributed by atoms with Gasteiger partial charge in [0.2, 0.25) is 5.91 Å². The van der Waals surface area contributed by atoms with Crippen molar-refractivity contribution < 1.29 is 19.4 Å². The van der Waals surface area contributed by atoms with Gasteiger partial charge in [-0.15, -0.1) is 0 Å². The molecule has 1 fully saturated rings. The first kappa shape index (κ1) is 23.2. The summed E-state index contributed by atoms with van der Waals surface area (Å²) in [4.78, 5) is 19.6. The number of hydrogen-bond acceptors (Lipinski definition) is 5. The largest absolute Gasteiger partial charge is 0.495 e. The quantitative estimate of drug-likeness (QED) is 0.388. The number of nitrogens with zero attached hydrogens (tertiary/aromatic N) is 3. The predicted octanol–water partition coefficient (Wildman–Crippen LogP) is 4.66. The van der Waals surface area contributed by atoms with Crippen molar-refractivity contribution in [3.05, 3.63) is 83.6 Å². The van der Waals surface area contributed by atoms with Gasteiger partial charge in [0.1, 0.15) is 30.0 Å². The maximum absolute atomic E-state index is 13.0. The molecule has 0 bridgehead atoms. The summed E-state index contributed by atoms with van der Waals surface area (Å²) in [5.41, 5.74) is 2.48. The van der Waals surface area contributed by atoms with Crippen molar-refractivity contribution in [2.75, 3.05) is 25.2 Å². The molecule has 0 aliphatic carbocycles. The second-order valence-corrected chi connectivity index (χ2v) is 8.95. The zero-order valence-electron chi connectivity index (χ0n) is 19.3. The zero-order chi connectivity index (χ0) is 24.4. The number of amides is 1. The van der Waals surface area contributed by atoms with Gasteiger partial charge in [-0.05, 0) is 36.4 Å². The minimum Gasteiger partial charge on any atom is -0.495 e. The molecule has 5 rings (SSSR count). The molecular formula is C27H26ClN3O4. The summed E-state index contributed by atoms with van der Waals surface area (Å²) in [5.74, 6) is 1.84. The SMILES string of the molecule is COc1ccccc1N1C[C@H](c2nc3ccccc3n2C[C@H](O)COc2ccccc2Cl)CC1=O. The highest BCUT2D eigenvalue weighted by Crippen LogP contribution is 2.37. The molecule has 1 aromatic heterocycles. The van der Waals surface area contributed by atoms with E-state index in [2.05, 4.69) is 0 Å². The molecular weight excluding hydrogens is 466 g/mol. The number of aliphatic hydroxyl groups is 1. The molecule has 2 heterocycles. The second-order valence-electron chi connectivity index (χ2n) is 8.54. The lowest BCUT2D eigenvalue weighted by molar-refractivity contribution is -0.117. The molecule has 1 aliphatic heterocycles. The molecule has 1 N–H and O–H groups in total. The first-order valence-electron chi connectivity index (χ1n) is 11.5. The Morgan fingerprint density at radius 3 is 2.57 bits per heavy atom. The Morgan fingerprint density at radius 1 is 1.06 bits per heavy atom. The van der Waals surface area contributed by atoms with Crippen molar-refractivity contribution in [1.29, 1.82) is 0 Å². The van der Waals surface area contributed by atoms with E-state index >= 15 is 0 Å². The lowest BCUT2D eigenvalue weighted by Crippen LogP contribution is -2.26. The van der Waals surface area contributed by atoms with Crippen LogP contribution in [0.5, 0.6) is 11.5 Å². The zero-order valence-corrected chi connectivity index (χ0v) is 20.1. The molecule has 0 unspecified atom stereocenters. The summed E-state index contributed by atoms with van der Waals surface area (Å²) in [6.07, 6.45) is -0.474. The van der Waals surface area contributed by atoms with E-state index in [0.29, 0.717) is 29.5 Å². The van der Waals surface area contributed by atoms with Crippen LogP contribution in [0.2, 0.25) is 5.02 Å². The van der Waals surface area contributed by atoms with Gasteiger partial charge in [-0.1, -0.05) is 48.0 Å². The fraction of sp³-hybridized carbons (Fsp3) is 0.259. The van der Waals surface area contributed by atoms with Gasteiger partial charge in [-0.2, -0.15) is 0 Å². The van der Waals surface area contributed by atoms with E-state index in [1.807, 2.05) is 65.2 Å². The number of para-hydroxylation sites is 5. The number of carbonyl (C=O) groups is 1. The van der Waals surface area contributed by atoms with Gasteiger partial charge in [-0.25, -0.2) is 4.98 Å². The van der Waals surface area contributed by atoms with Crippen molar-refractivity contribution in [3.63, 3.8) is 0 Å². The van der Waals surface area contributed by atoms with E-state index in [-0.39, 0.29) is 25.0 Å². The van der Waals surface area contributed by atoms with Crippen LogP contribution in [0.25, 0.3) is 11.0 Å². The summed E-state index contributed by atoms with van der Waals surface area (Å²) in [6, 6.07) is 22.5. The fourth-order valence-electron chi connectivity index (χ4n) is 4.58. The van der Waals surface area contributed by atoms with Gasteiger partial charge >= 0.3 is 0 Å². The van der Waals surface area contributed by atoms with Gasteiger partial charge in [0.05, 0.1) is 35.4 Å². The van der Waals surface area contributed by atoms with E-state index in [0.717, 1.165) is 22.5 Å². The third kappa shape index (κ3) is 4.70. The van der Waals surface area contributed by atoms with Crippen molar-refractivity contribution in [2.24, 2.45) is 0 Å². The minimum absolute atomic E-state index is 0.0145. The maximum atomic E-state index is 13.0.